The SMILES string of the molecule is C=C(Nc1ccncc1)c1cc2ccc(-c3nccc(Nc4ccc5[nH]ncc5c4)n3)cc2[nH]1. The fraction of sp³-hybridized carbons (Fsp3) is 0. The maximum atomic E-state index is 4.72. The van der Waals surface area contributed by atoms with Crippen LogP contribution in [0.2, 0.25) is 0 Å². The first kappa shape index (κ1) is 19.7. The van der Waals surface area contributed by atoms with Crippen molar-refractivity contribution in [3.63, 3.8) is 0 Å². The van der Waals surface area contributed by atoms with Crippen molar-refractivity contribution >= 4 is 44.7 Å². The van der Waals surface area contributed by atoms with E-state index in [1.165, 1.54) is 0 Å². The Morgan fingerprint density at radius 1 is 0.824 bits per heavy atom. The van der Waals surface area contributed by atoms with E-state index in [9.17, 15) is 0 Å². The largest absolute Gasteiger partial charge is 0.354 e. The van der Waals surface area contributed by atoms with Gasteiger partial charge in [-0.3, -0.25) is 10.1 Å². The molecule has 6 aromatic rings. The Hall–Kier alpha value is -4.98. The molecule has 0 atom stereocenters. The van der Waals surface area contributed by atoms with Crippen LogP contribution in [0, 0.1) is 0 Å². The van der Waals surface area contributed by atoms with E-state index in [-0.39, 0.29) is 0 Å². The van der Waals surface area contributed by atoms with Crippen molar-refractivity contribution in [1.82, 2.24) is 30.1 Å². The summed E-state index contributed by atoms with van der Waals surface area (Å²) in [6.45, 7) is 4.16. The lowest BCUT2D eigenvalue weighted by Gasteiger charge is -2.07. The number of aromatic amines is 2. The Kier molecular flexibility index (Phi) is 4.73. The van der Waals surface area contributed by atoms with Gasteiger partial charge in [0, 0.05) is 51.8 Å². The minimum Gasteiger partial charge on any atom is -0.354 e. The Balaban J connectivity index is 1.25. The number of rotatable bonds is 6. The summed E-state index contributed by atoms with van der Waals surface area (Å²) < 4.78 is 0. The highest BCUT2D eigenvalue weighted by Gasteiger charge is 2.09. The maximum absolute atomic E-state index is 4.72. The molecule has 0 amide bonds. The summed E-state index contributed by atoms with van der Waals surface area (Å²) in [5.74, 6) is 1.36. The van der Waals surface area contributed by atoms with Gasteiger partial charge in [-0.1, -0.05) is 18.7 Å². The quantitative estimate of drug-likeness (QED) is 0.262. The third-order valence-electron chi connectivity index (χ3n) is 5.55. The lowest BCUT2D eigenvalue weighted by molar-refractivity contribution is 1.12. The minimum atomic E-state index is 0.640. The predicted octanol–water partition coefficient (Wildman–Crippen LogP) is 5.72. The Morgan fingerprint density at radius 3 is 2.65 bits per heavy atom. The van der Waals surface area contributed by atoms with E-state index in [0.29, 0.717) is 5.82 Å². The number of aromatic nitrogens is 6. The minimum absolute atomic E-state index is 0.640. The van der Waals surface area contributed by atoms with E-state index < -0.39 is 0 Å². The molecule has 0 saturated heterocycles. The number of hydrogen-bond donors (Lipinski definition) is 4. The van der Waals surface area contributed by atoms with Gasteiger partial charge in [-0.05, 0) is 48.5 Å². The molecule has 164 valence electrons. The lowest BCUT2D eigenvalue weighted by Crippen LogP contribution is -1.97. The molecule has 0 bridgehead atoms. The van der Waals surface area contributed by atoms with E-state index in [4.69, 9.17) is 4.98 Å². The zero-order valence-corrected chi connectivity index (χ0v) is 18.1. The number of nitrogens with zero attached hydrogens (tertiary/aromatic N) is 4. The van der Waals surface area contributed by atoms with Crippen molar-refractivity contribution in [1.29, 1.82) is 0 Å². The van der Waals surface area contributed by atoms with E-state index in [1.807, 2.05) is 42.5 Å². The third-order valence-corrected chi connectivity index (χ3v) is 5.55. The van der Waals surface area contributed by atoms with Crippen molar-refractivity contribution in [2.45, 2.75) is 0 Å². The zero-order valence-electron chi connectivity index (χ0n) is 18.1. The van der Waals surface area contributed by atoms with E-state index in [0.717, 1.165) is 56.0 Å². The number of pyridine rings is 1. The summed E-state index contributed by atoms with van der Waals surface area (Å²) in [6, 6.07) is 19.9. The van der Waals surface area contributed by atoms with Gasteiger partial charge in [0.2, 0.25) is 0 Å². The number of H-pyrrole nitrogens is 2. The molecule has 0 spiro atoms. The van der Waals surface area contributed by atoms with Crippen LogP contribution in [0.5, 0.6) is 0 Å². The van der Waals surface area contributed by atoms with E-state index >= 15 is 0 Å². The molecule has 0 aliphatic rings. The standard InChI is InChI=1S/C26H20N8/c1-16(30-20-6-9-27-10-7-20)23-13-17-2-3-18(14-24(17)32-23)26-28-11-8-25(33-26)31-21-4-5-22-19(12-21)15-29-34-22/h2-15,32H,1H2,(H,27,30)(H,29,34)(H,28,31,33). The maximum Gasteiger partial charge on any atom is 0.161 e. The molecule has 2 aromatic carbocycles. The van der Waals surface area contributed by atoms with Crippen molar-refractivity contribution in [3.8, 4) is 11.4 Å². The lowest BCUT2D eigenvalue weighted by atomic mass is 10.1. The summed E-state index contributed by atoms with van der Waals surface area (Å²) in [7, 11) is 0. The molecular weight excluding hydrogens is 424 g/mol. The molecule has 6 rings (SSSR count). The molecule has 0 aliphatic heterocycles. The van der Waals surface area contributed by atoms with Crippen molar-refractivity contribution in [3.05, 3.63) is 97.7 Å². The monoisotopic (exact) mass is 444 g/mol. The highest BCUT2D eigenvalue weighted by atomic mass is 15.1. The van der Waals surface area contributed by atoms with Crippen LogP contribution in [0.3, 0.4) is 0 Å². The van der Waals surface area contributed by atoms with Gasteiger partial charge in [-0.25, -0.2) is 9.97 Å². The fourth-order valence-electron chi connectivity index (χ4n) is 3.84. The second kappa shape index (κ2) is 8.18. The third kappa shape index (κ3) is 3.84. The first-order valence-electron chi connectivity index (χ1n) is 10.7. The summed E-state index contributed by atoms with van der Waals surface area (Å²) in [6.07, 6.45) is 7.04. The zero-order chi connectivity index (χ0) is 22.9. The smallest absolute Gasteiger partial charge is 0.161 e. The van der Waals surface area contributed by atoms with E-state index in [1.54, 1.807) is 24.8 Å². The van der Waals surface area contributed by atoms with Crippen LogP contribution < -0.4 is 10.6 Å². The topological polar surface area (TPSA) is 107 Å². The number of benzene rings is 2. The predicted molar refractivity (Wildman–Crippen MR) is 136 cm³/mol. The van der Waals surface area contributed by atoms with Gasteiger partial charge >= 0.3 is 0 Å². The number of anilines is 3. The van der Waals surface area contributed by atoms with E-state index in [2.05, 4.69) is 60.6 Å². The van der Waals surface area contributed by atoms with Crippen LogP contribution in [0.15, 0.2) is 92.0 Å². The molecule has 0 unspecified atom stereocenters. The van der Waals surface area contributed by atoms with Gasteiger partial charge in [0.25, 0.3) is 0 Å². The summed E-state index contributed by atoms with van der Waals surface area (Å²) in [5.41, 5.74) is 6.45. The average molecular weight is 445 g/mol. The molecule has 4 aromatic heterocycles. The number of hydrogen-bond acceptors (Lipinski definition) is 6. The van der Waals surface area contributed by atoms with Gasteiger partial charge in [-0.2, -0.15) is 5.10 Å². The average Bonchev–Trinajstić information content (AvgIpc) is 3.51. The van der Waals surface area contributed by atoms with Crippen molar-refractivity contribution in [2.75, 3.05) is 10.6 Å². The Bertz CT molecular complexity index is 1630. The van der Waals surface area contributed by atoms with Crippen LogP contribution >= 0.6 is 0 Å². The van der Waals surface area contributed by atoms with Crippen LogP contribution in [0.25, 0.3) is 38.9 Å². The van der Waals surface area contributed by atoms with Gasteiger partial charge in [-0.15, -0.1) is 0 Å². The van der Waals surface area contributed by atoms with Crippen LogP contribution in [-0.2, 0) is 0 Å². The molecule has 0 radical (unpaired) electrons. The first-order chi connectivity index (χ1) is 16.7. The number of fused-ring (bicyclic) bond motifs is 2. The Labute approximate surface area is 194 Å². The summed E-state index contributed by atoms with van der Waals surface area (Å²) >= 11 is 0. The summed E-state index contributed by atoms with van der Waals surface area (Å²) in [4.78, 5) is 16.7. The number of nitrogens with one attached hydrogen (secondary N) is 4. The molecule has 34 heavy (non-hydrogen) atoms. The second-order valence-corrected chi connectivity index (χ2v) is 7.89. The fourth-order valence-corrected chi connectivity index (χ4v) is 3.84. The molecule has 0 saturated carbocycles. The van der Waals surface area contributed by atoms with Crippen LogP contribution in [0.4, 0.5) is 17.2 Å². The van der Waals surface area contributed by atoms with Gasteiger partial charge in [0.05, 0.1) is 23.1 Å². The van der Waals surface area contributed by atoms with Gasteiger partial charge in [0.15, 0.2) is 5.82 Å². The molecule has 8 nitrogen and oxygen atoms in total. The molecule has 8 heteroatoms. The molecular formula is C26H20N8. The van der Waals surface area contributed by atoms with Crippen molar-refractivity contribution < 1.29 is 0 Å². The summed E-state index contributed by atoms with van der Waals surface area (Å²) in [5, 5.41) is 15.8. The Morgan fingerprint density at radius 2 is 1.74 bits per heavy atom. The second-order valence-electron chi connectivity index (χ2n) is 7.89. The molecule has 4 N–H and O–H groups in total. The molecule has 0 fully saturated rings. The highest BCUT2D eigenvalue weighted by molar-refractivity contribution is 5.89. The van der Waals surface area contributed by atoms with Crippen LogP contribution in [-0.4, -0.2) is 30.1 Å². The van der Waals surface area contributed by atoms with Crippen LogP contribution in [0.1, 0.15) is 5.69 Å². The first-order valence-corrected chi connectivity index (χ1v) is 10.7. The van der Waals surface area contributed by atoms with Gasteiger partial charge in [0.1, 0.15) is 5.82 Å². The molecule has 0 aliphatic carbocycles. The van der Waals surface area contributed by atoms with Crippen molar-refractivity contribution in [2.24, 2.45) is 0 Å². The highest BCUT2D eigenvalue weighted by Crippen LogP contribution is 2.27. The molecule has 4 heterocycles. The normalized spacial score (nSPS) is 11.1. The van der Waals surface area contributed by atoms with Gasteiger partial charge < -0.3 is 15.6 Å².